The number of amides is 1. The van der Waals surface area contributed by atoms with Gasteiger partial charge in [-0.1, -0.05) is 19.8 Å². The van der Waals surface area contributed by atoms with E-state index in [0.29, 0.717) is 25.6 Å². The highest BCUT2D eigenvalue weighted by Crippen LogP contribution is 2.40. The van der Waals surface area contributed by atoms with Crippen LogP contribution in [0.3, 0.4) is 0 Å². The molecule has 1 aromatic rings. The molecule has 4 nitrogen and oxygen atoms in total. The Labute approximate surface area is 162 Å². The quantitative estimate of drug-likeness (QED) is 0.694. The van der Waals surface area contributed by atoms with Gasteiger partial charge < -0.3 is 14.4 Å². The largest absolute Gasteiger partial charge is 0.493 e. The molecular weight excluding hydrogens is 345 g/mol. The number of likely N-dealkylation sites (tertiary alicyclic amines) is 1. The van der Waals surface area contributed by atoms with Crippen molar-refractivity contribution in [1.82, 2.24) is 4.90 Å². The first-order valence-electron chi connectivity index (χ1n) is 10.1. The van der Waals surface area contributed by atoms with Gasteiger partial charge >= 0.3 is 6.09 Å². The highest BCUT2D eigenvalue weighted by Gasteiger charge is 2.38. The lowest BCUT2D eigenvalue weighted by Crippen LogP contribution is -2.37. The molecule has 3 rings (SSSR count). The normalized spacial score (nSPS) is 23.7. The minimum absolute atomic E-state index is 0.127. The van der Waals surface area contributed by atoms with Crippen LogP contribution in [-0.4, -0.2) is 36.3 Å². The van der Waals surface area contributed by atoms with E-state index in [-0.39, 0.29) is 17.3 Å². The van der Waals surface area contributed by atoms with Crippen LogP contribution in [0.2, 0.25) is 0 Å². The number of rotatable bonds is 4. The Morgan fingerprint density at radius 2 is 2.00 bits per heavy atom. The monoisotopic (exact) mass is 377 g/mol. The van der Waals surface area contributed by atoms with Crippen LogP contribution in [0, 0.1) is 11.2 Å². The molecule has 150 valence electrons. The van der Waals surface area contributed by atoms with Gasteiger partial charge in [-0.25, -0.2) is 9.18 Å². The molecule has 1 aromatic carbocycles. The number of carbonyl (C=O) groups is 1. The predicted molar refractivity (Wildman–Crippen MR) is 104 cm³/mol. The number of nitrogens with zero attached hydrogens (tertiary/aromatic N) is 1. The van der Waals surface area contributed by atoms with E-state index in [1.54, 1.807) is 17.0 Å². The maximum atomic E-state index is 13.8. The summed E-state index contributed by atoms with van der Waals surface area (Å²) in [6.07, 6.45) is 5.20. The molecule has 0 aromatic heterocycles. The topological polar surface area (TPSA) is 38.8 Å². The van der Waals surface area contributed by atoms with Crippen molar-refractivity contribution in [3.05, 3.63) is 29.6 Å². The lowest BCUT2D eigenvalue weighted by atomic mass is 9.91. The van der Waals surface area contributed by atoms with Crippen molar-refractivity contribution in [2.75, 3.05) is 19.7 Å². The molecule has 0 radical (unpaired) electrons. The van der Waals surface area contributed by atoms with E-state index in [2.05, 4.69) is 6.92 Å². The summed E-state index contributed by atoms with van der Waals surface area (Å²) in [5.41, 5.74) is 0.382. The van der Waals surface area contributed by atoms with Crippen LogP contribution in [0.25, 0.3) is 0 Å². The first-order valence-corrected chi connectivity index (χ1v) is 10.1. The fraction of sp³-hybridized carbons (Fsp3) is 0.682. The molecular formula is C22H32FNO3. The second-order valence-corrected chi connectivity index (χ2v) is 9.41. The molecule has 0 spiro atoms. The van der Waals surface area contributed by atoms with Gasteiger partial charge in [0.25, 0.3) is 0 Å². The van der Waals surface area contributed by atoms with Crippen molar-refractivity contribution in [2.24, 2.45) is 5.41 Å². The highest BCUT2D eigenvalue weighted by molar-refractivity contribution is 5.68. The molecule has 1 amide bonds. The Bertz CT molecular complexity index is 679. The summed E-state index contributed by atoms with van der Waals surface area (Å²) in [5.74, 6) is 0.984. The number of hydrogen-bond donors (Lipinski definition) is 0. The van der Waals surface area contributed by atoms with Crippen molar-refractivity contribution < 1.29 is 18.7 Å². The van der Waals surface area contributed by atoms with Crippen molar-refractivity contribution >= 4 is 6.09 Å². The molecule has 1 heterocycles. The zero-order chi connectivity index (χ0) is 19.7. The third-order valence-corrected chi connectivity index (χ3v) is 5.55. The Morgan fingerprint density at radius 1 is 1.30 bits per heavy atom. The van der Waals surface area contributed by atoms with E-state index in [1.165, 1.54) is 18.9 Å². The minimum Gasteiger partial charge on any atom is -0.493 e. The van der Waals surface area contributed by atoms with Gasteiger partial charge in [-0.05, 0) is 64.2 Å². The van der Waals surface area contributed by atoms with E-state index in [9.17, 15) is 9.18 Å². The summed E-state index contributed by atoms with van der Waals surface area (Å²) < 4.78 is 25.4. The molecule has 0 N–H and O–H groups in total. The van der Waals surface area contributed by atoms with Gasteiger partial charge in [0.1, 0.15) is 17.2 Å². The zero-order valence-corrected chi connectivity index (χ0v) is 17.0. The molecule has 1 saturated heterocycles. The molecule has 2 fully saturated rings. The smallest absolute Gasteiger partial charge is 0.410 e. The van der Waals surface area contributed by atoms with E-state index >= 15 is 0 Å². The van der Waals surface area contributed by atoms with Crippen molar-refractivity contribution in [3.8, 4) is 5.75 Å². The summed E-state index contributed by atoms with van der Waals surface area (Å²) in [5, 5.41) is 0. The summed E-state index contributed by atoms with van der Waals surface area (Å²) in [7, 11) is 0. The Kier molecular flexibility index (Phi) is 5.68. The van der Waals surface area contributed by atoms with Crippen LogP contribution in [0.1, 0.15) is 71.3 Å². The van der Waals surface area contributed by atoms with E-state index in [4.69, 9.17) is 9.47 Å². The van der Waals surface area contributed by atoms with Crippen LogP contribution >= 0.6 is 0 Å². The summed E-state index contributed by atoms with van der Waals surface area (Å²) in [6.45, 7) is 9.57. The predicted octanol–water partition coefficient (Wildman–Crippen LogP) is 5.51. The minimum atomic E-state index is -0.489. The molecule has 1 atom stereocenters. The van der Waals surface area contributed by atoms with Crippen LogP contribution in [0.15, 0.2) is 18.2 Å². The van der Waals surface area contributed by atoms with Crippen LogP contribution in [0.4, 0.5) is 9.18 Å². The second kappa shape index (κ2) is 7.69. The lowest BCUT2D eigenvalue weighted by Gasteiger charge is -2.27. The summed E-state index contributed by atoms with van der Waals surface area (Å²) in [6, 6.07) is 4.86. The summed E-state index contributed by atoms with van der Waals surface area (Å²) >= 11 is 0. The number of hydrogen-bond acceptors (Lipinski definition) is 3. The lowest BCUT2D eigenvalue weighted by molar-refractivity contribution is 0.0265. The van der Waals surface area contributed by atoms with Gasteiger partial charge in [0.2, 0.25) is 0 Å². The third-order valence-electron chi connectivity index (χ3n) is 5.55. The van der Waals surface area contributed by atoms with Crippen LogP contribution in [0.5, 0.6) is 5.75 Å². The third kappa shape index (κ3) is 5.14. The van der Waals surface area contributed by atoms with Crippen molar-refractivity contribution in [1.29, 1.82) is 0 Å². The Balaban J connectivity index is 1.62. The molecule has 1 unspecified atom stereocenters. The van der Waals surface area contributed by atoms with Gasteiger partial charge in [0.05, 0.1) is 6.61 Å². The maximum Gasteiger partial charge on any atom is 0.410 e. The SMILES string of the molecule is CC1(COc2ccc(F)cc2C2CCCC2)CCN(C(=O)OC(C)(C)C)C1. The highest BCUT2D eigenvalue weighted by atomic mass is 19.1. The standard InChI is InChI=1S/C22H32FNO3/c1-21(2,3)27-20(25)24-12-11-22(4,14-24)15-26-19-10-9-17(23)13-18(19)16-7-5-6-8-16/h9-10,13,16H,5-8,11-12,14-15H2,1-4H3. The molecule has 1 aliphatic heterocycles. The number of carbonyl (C=O) groups excluding carboxylic acids is 1. The first-order chi connectivity index (χ1) is 12.7. The zero-order valence-electron chi connectivity index (χ0n) is 17.0. The Morgan fingerprint density at radius 3 is 2.67 bits per heavy atom. The molecule has 27 heavy (non-hydrogen) atoms. The second-order valence-electron chi connectivity index (χ2n) is 9.41. The van der Waals surface area contributed by atoms with Gasteiger partial charge in [0.15, 0.2) is 0 Å². The Hall–Kier alpha value is -1.78. The fourth-order valence-electron chi connectivity index (χ4n) is 4.08. The molecule has 1 aliphatic carbocycles. The van der Waals surface area contributed by atoms with Gasteiger partial charge in [-0.3, -0.25) is 0 Å². The maximum absolute atomic E-state index is 13.8. The van der Waals surface area contributed by atoms with E-state index < -0.39 is 5.60 Å². The number of ether oxygens (including phenoxy) is 2. The number of benzene rings is 1. The first kappa shape index (κ1) is 20.0. The summed E-state index contributed by atoms with van der Waals surface area (Å²) in [4.78, 5) is 14.1. The van der Waals surface area contributed by atoms with E-state index in [0.717, 1.165) is 30.6 Å². The van der Waals surface area contributed by atoms with Gasteiger partial charge in [-0.15, -0.1) is 0 Å². The number of halogens is 1. The van der Waals surface area contributed by atoms with Crippen molar-refractivity contribution in [2.45, 2.75) is 71.3 Å². The van der Waals surface area contributed by atoms with Crippen molar-refractivity contribution in [3.63, 3.8) is 0 Å². The van der Waals surface area contributed by atoms with Crippen LogP contribution in [-0.2, 0) is 4.74 Å². The average molecular weight is 378 g/mol. The average Bonchev–Trinajstić information content (AvgIpc) is 3.22. The molecule has 0 bridgehead atoms. The fourth-order valence-corrected chi connectivity index (χ4v) is 4.08. The molecule has 2 aliphatic rings. The molecule has 5 heteroatoms. The van der Waals surface area contributed by atoms with Gasteiger partial charge in [-0.2, -0.15) is 0 Å². The molecule has 1 saturated carbocycles. The van der Waals surface area contributed by atoms with E-state index in [1.807, 2.05) is 20.8 Å². The van der Waals surface area contributed by atoms with Crippen LogP contribution < -0.4 is 4.74 Å². The van der Waals surface area contributed by atoms with Gasteiger partial charge in [0, 0.05) is 24.1 Å².